The molecule has 1 aromatic carbocycles. The third-order valence-electron chi connectivity index (χ3n) is 4.40. The van der Waals surface area contributed by atoms with Gasteiger partial charge in [0.2, 0.25) is 17.7 Å². The number of hydrogen-bond acceptors (Lipinski definition) is 5. The van der Waals surface area contributed by atoms with Gasteiger partial charge in [-0.05, 0) is 49.8 Å². The number of nitrogens with zero attached hydrogens (tertiary/aromatic N) is 3. The van der Waals surface area contributed by atoms with E-state index < -0.39 is 5.91 Å². The molecule has 9 nitrogen and oxygen atoms in total. The Kier molecular flexibility index (Phi) is 8.08. The van der Waals surface area contributed by atoms with Gasteiger partial charge in [0.15, 0.2) is 4.77 Å². The largest absolute Gasteiger partial charge is 0.366 e. The fourth-order valence-electron chi connectivity index (χ4n) is 2.80. The Bertz CT molecular complexity index is 919. The van der Waals surface area contributed by atoms with Crippen molar-refractivity contribution >= 4 is 35.6 Å². The lowest BCUT2D eigenvalue weighted by molar-refractivity contribution is -0.132. The molecule has 1 aromatic heterocycles. The van der Waals surface area contributed by atoms with Crippen LogP contribution in [0.5, 0.6) is 0 Å². The van der Waals surface area contributed by atoms with Crippen molar-refractivity contribution in [1.82, 2.24) is 19.7 Å². The number of H-pyrrole nitrogens is 1. The van der Waals surface area contributed by atoms with Crippen molar-refractivity contribution < 1.29 is 14.4 Å². The van der Waals surface area contributed by atoms with Gasteiger partial charge in [-0.15, -0.1) is 0 Å². The second-order valence-electron chi connectivity index (χ2n) is 6.49. The highest BCUT2D eigenvalue weighted by molar-refractivity contribution is 7.71. The number of hydrogen-bond donors (Lipinski definition) is 3. The molecule has 3 amide bonds. The Morgan fingerprint density at radius 3 is 2.52 bits per heavy atom. The third kappa shape index (κ3) is 6.24. The van der Waals surface area contributed by atoms with Crippen molar-refractivity contribution in [2.75, 3.05) is 18.4 Å². The standard InChI is InChI=1S/C19H26N6O3S/c1-3-5-15-22-23-19(29)25(15)12-17(27)24(4-2)11-10-16(26)21-14-8-6-13(7-9-14)18(20)28/h6-9H,3-5,10-12H2,1-2H3,(H2,20,28)(H,21,26)(H,23,29). The summed E-state index contributed by atoms with van der Waals surface area (Å²) in [6, 6.07) is 6.30. The highest BCUT2D eigenvalue weighted by atomic mass is 32.1. The fourth-order valence-corrected chi connectivity index (χ4v) is 3.02. The number of carbonyl (C=O) groups is 3. The maximum absolute atomic E-state index is 12.7. The molecular weight excluding hydrogens is 392 g/mol. The fraction of sp³-hybridized carbons (Fsp3) is 0.421. The summed E-state index contributed by atoms with van der Waals surface area (Å²) in [7, 11) is 0. The minimum Gasteiger partial charge on any atom is -0.366 e. The second kappa shape index (κ2) is 10.5. The predicted octanol–water partition coefficient (Wildman–Crippen LogP) is 1.87. The van der Waals surface area contributed by atoms with Gasteiger partial charge in [0.05, 0.1) is 0 Å². The molecule has 0 aliphatic rings. The normalized spacial score (nSPS) is 10.6. The van der Waals surface area contributed by atoms with Crippen LogP contribution >= 0.6 is 12.2 Å². The molecule has 0 saturated heterocycles. The lowest BCUT2D eigenvalue weighted by Gasteiger charge is -2.21. The van der Waals surface area contributed by atoms with Crippen molar-refractivity contribution in [1.29, 1.82) is 0 Å². The summed E-state index contributed by atoms with van der Waals surface area (Å²) in [4.78, 5) is 37.6. The Balaban J connectivity index is 1.91. The average Bonchev–Trinajstić information content (AvgIpc) is 3.02. The van der Waals surface area contributed by atoms with Gasteiger partial charge in [0, 0.05) is 37.2 Å². The van der Waals surface area contributed by atoms with Crippen molar-refractivity contribution in [2.45, 2.75) is 39.7 Å². The van der Waals surface area contributed by atoms with E-state index in [0.29, 0.717) is 22.6 Å². The van der Waals surface area contributed by atoms with E-state index in [2.05, 4.69) is 15.5 Å². The van der Waals surface area contributed by atoms with Gasteiger partial charge >= 0.3 is 0 Å². The molecule has 2 rings (SSSR count). The number of amides is 3. The molecule has 0 aliphatic carbocycles. The molecule has 0 spiro atoms. The Morgan fingerprint density at radius 1 is 1.24 bits per heavy atom. The van der Waals surface area contributed by atoms with Crippen LogP contribution in [0.15, 0.2) is 24.3 Å². The summed E-state index contributed by atoms with van der Waals surface area (Å²) in [6.45, 7) is 4.75. The quantitative estimate of drug-likeness (QED) is 0.508. The molecule has 0 aliphatic heterocycles. The number of aromatic amines is 1. The monoisotopic (exact) mass is 418 g/mol. The Hall–Kier alpha value is -3.01. The zero-order chi connectivity index (χ0) is 21.4. The van der Waals surface area contributed by atoms with Gasteiger partial charge < -0.3 is 16.0 Å². The summed E-state index contributed by atoms with van der Waals surface area (Å²) in [6.07, 6.45) is 1.77. The van der Waals surface area contributed by atoms with E-state index in [0.717, 1.165) is 18.7 Å². The van der Waals surface area contributed by atoms with Crippen molar-refractivity contribution in [3.63, 3.8) is 0 Å². The number of aryl methyl sites for hydroxylation is 1. The molecule has 29 heavy (non-hydrogen) atoms. The lowest BCUT2D eigenvalue weighted by Crippen LogP contribution is -2.36. The first-order chi connectivity index (χ1) is 13.8. The van der Waals surface area contributed by atoms with Crippen LogP contribution in [0.25, 0.3) is 0 Å². The molecule has 4 N–H and O–H groups in total. The molecule has 0 fully saturated rings. The maximum Gasteiger partial charge on any atom is 0.248 e. The number of aromatic nitrogens is 3. The number of rotatable bonds is 10. The maximum atomic E-state index is 12.7. The molecule has 0 atom stereocenters. The molecule has 1 heterocycles. The Morgan fingerprint density at radius 2 is 1.93 bits per heavy atom. The van der Waals surface area contributed by atoms with Crippen molar-refractivity contribution in [2.24, 2.45) is 5.73 Å². The van der Waals surface area contributed by atoms with Gasteiger partial charge in [0.1, 0.15) is 12.4 Å². The molecule has 0 saturated carbocycles. The molecule has 156 valence electrons. The van der Waals surface area contributed by atoms with E-state index >= 15 is 0 Å². The predicted molar refractivity (Wildman–Crippen MR) is 112 cm³/mol. The summed E-state index contributed by atoms with van der Waals surface area (Å²) in [5.74, 6) is -0.130. The van der Waals surface area contributed by atoms with Crippen LogP contribution in [-0.2, 0) is 22.6 Å². The molecule has 0 unspecified atom stereocenters. The highest BCUT2D eigenvalue weighted by Gasteiger charge is 2.16. The third-order valence-corrected chi connectivity index (χ3v) is 4.71. The first-order valence-corrected chi connectivity index (χ1v) is 9.88. The average molecular weight is 419 g/mol. The molecule has 2 aromatic rings. The van der Waals surface area contributed by atoms with Crippen LogP contribution in [0.3, 0.4) is 0 Å². The van der Waals surface area contributed by atoms with Gasteiger partial charge in [-0.1, -0.05) is 6.92 Å². The van der Waals surface area contributed by atoms with Crippen LogP contribution in [0.4, 0.5) is 5.69 Å². The van der Waals surface area contributed by atoms with Crippen LogP contribution in [0.2, 0.25) is 0 Å². The zero-order valence-electron chi connectivity index (χ0n) is 16.6. The van der Waals surface area contributed by atoms with E-state index in [9.17, 15) is 14.4 Å². The number of primary amides is 1. The van der Waals surface area contributed by atoms with E-state index in [-0.39, 0.29) is 31.3 Å². The van der Waals surface area contributed by atoms with E-state index in [1.807, 2.05) is 13.8 Å². The van der Waals surface area contributed by atoms with Crippen LogP contribution in [0, 0.1) is 4.77 Å². The highest BCUT2D eigenvalue weighted by Crippen LogP contribution is 2.10. The number of nitrogens with one attached hydrogen (secondary N) is 2. The molecule has 0 bridgehead atoms. The molecule has 10 heteroatoms. The van der Waals surface area contributed by atoms with E-state index in [1.54, 1.807) is 33.7 Å². The first kappa shape index (κ1) is 22.3. The van der Waals surface area contributed by atoms with Crippen molar-refractivity contribution in [3.8, 4) is 0 Å². The summed E-state index contributed by atoms with van der Waals surface area (Å²) < 4.78 is 2.11. The van der Waals surface area contributed by atoms with Gasteiger partial charge in [-0.2, -0.15) is 5.10 Å². The molecular formula is C19H26N6O3S. The molecule has 0 radical (unpaired) electrons. The minimum absolute atomic E-state index is 0.0920. The number of anilines is 1. The number of benzene rings is 1. The van der Waals surface area contributed by atoms with E-state index in [4.69, 9.17) is 18.0 Å². The van der Waals surface area contributed by atoms with Crippen LogP contribution in [0.1, 0.15) is 42.9 Å². The SMILES string of the molecule is CCCc1n[nH]c(=S)n1CC(=O)N(CC)CCC(=O)Nc1ccc(C(N)=O)cc1. The summed E-state index contributed by atoms with van der Waals surface area (Å²) >= 11 is 5.21. The Labute approximate surface area is 174 Å². The van der Waals surface area contributed by atoms with Gasteiger partial charge in [-0.25, -0.2) is 0 Å². The van der Waals surface area contributed by atoms with Gasteiger partial charge in [-0.3, -0.25) is 24.0 Å². The summed E-state index contributed by atoms with van der Waals surface area (Å²) in [5.41, 5.74) is 6.12. The van der Waals surface area contributed by atoms with Crippen LogP contribution < -0.4 is 11.1 Å². The summed E-state index contributed by atoms with van der Waals surface area (Å²) in [5, 5.41) is 9.63. The minimum atomic E-state index is -0.528. The number of nitrogens with two attached hydrogens (primary N) is 1. The zero-order valence-corrected chi connectivity index (χ0v) is 17.4. The van der Waals surface area contributed by atoms with Crippen molar-refractivity contribution in [3.05, 3.63) is 40.4 Å². The lowest BCUT2D eigenvalue weighted by atomic mass is 10.2. The van der Waals surface area contributed by atoms with E-state index in [1.165, 1.54) is 0 Å². The smallest absolute Gasteiger partial charge is 0.248 e. The number of carbonyl (C=O) groups excluding carboxylic acids is 3. The number of likely N-dealkylation sites (N-methyl/N-ethyl adjacent to an activating group) is 1. The van der Waals surface area contributed by atoms with Crippen LogP contribution in [-0.4, -0.2) is 50.5 Å². The van der Waals surface area contributed by atoms with Gasteiger partial charge in [0.25, 0.3) is 0 Å². The second-order valence-corrected chi connectivity index (χ2v) is 6.88. The topological polar surface area (TPSA) is 126 Å². The first-order valence-electron chi connectivity index (χ1n) is 9.47.